The number of aryl methyl sites for hydroxylation is 3. The van der Waals surface area contributed by atoms with Crippen molar-refractivity contribution < 1.29 is 34.6 Å². The summed E-state index contributed by atoms with van der Waals surface area (Å²) in [6, 6.07) is 21.9. The number of benzene rings is 3. The molecule has 0 aliphatic carbocycles. The Labute approximate surface area is 189 Å². The van der Waals surface area contributed by atoms with Gasteiger partial charge in [-0.15, -0.1) is 0 Å². The Morgan fingerprint density at radius 3 is 0.938 bits per heavy atom. The summed E-state index contributed by atoms with van der Waals surface area (Å²) in [6.45, 7) is 6.19. The Balaban J connectivity index is 0.000000410. The number of aromatic hydroxyl groups is 3. The average Bonchev–Trinajstić information content (AvgIpc) is 2.73. The van der Waals surface area contributed by atoms with Gasteiger partial charge in [-0.2, -0.15) is 7.82 Å². The lowest BCUT2D eigenvalue weighted by atomic mass is 10.2. The molecular weight excluding hydrogens is 431 g/mol. The molecule has 0 saturated carbocycles. The lowest BCUT2D eigenvalue weighted by Gasteiger charge is -2.36. The molecule has 0 bridgehead atoms. The van der Waals surface area contributed by atoms with E-state index >= 15 is 0 Å². The first-order valence-corrected chi connectivity index (χ1v) is 11.5. The second-order valence-electron chi connectivity index (χ2n) is 6.52. The van der Waals surface area contributed by atoms with Crippen molar-refractivity contribution in [1.82, 2.24) is 0 Å². The molecule has 8 heteroatoms. The zero-order chi connectivity index (χ0) is 24.6. The van der Waals surface area contributed by atoms with Crippen molar-refractivity contribution in [3.63, 3.8) is 0 Å². The van der Waals surface area contributed by atoms with Crippen LogP contribution in [0.3, 0.4) is 0 Å². The number of hydrogen-bond acceptors (Lipinski definition) is 7. The molecule has 3 N–H and O–H groups in total. The maximum Gasteiger partial charge on any atom is 0.115 e. The Kier molecular flexibility index (Phi) is 14.5. The molecule has 3 aromatic carbocycles. The van der Waals surface area contributed by atoms with Gasteiger partial charge in [-0.05, 0) is 72.4 Å². The van der Waals surface area contributed by atoms with Crippen LogP contribution in [0.2, 0.25) is 0 Å². The number of phosphoric acid groups is 1. The lowest BCUT2D eigenvalue weighted by molar-refractivity contribution is -0.432. The first kappa shape index (κ1) is 29.2. The third kappa shape index (κ3) is 16.9. The zero-order valence-electron chi connectivity index (χ0n) is 18.5. The Hall–Kier alpha value is -2.83. The minimum absolute atomic E-state index is 0.356. The van der Waals surface area contributed by atoms with Gasteiger partial charge in [0.1, 0.15) is 17.2 Å². The second kappa shape index (κ2) is 15.9. The van der Waals surface area contributed by atoms with E-state index in [1.165, 1.54) is 16.7 Å². The summed E-state index contributed by atoms with van der Waals surface area (Å²) in [5, 5.41) is 26.8. The topological polar surface area (TPSA) is 147 Å². The molecule has 0 amide bonds. The Morgan fingerprint density at radius 1 is 0.594 bits per heavy atom. The summed E-state index contributed by atoms with van der Waals surface area (Å²) in [7, 11) is -5.39. The van der Waals surface area contributed by atoms with Crippen LogP contribution < -0.4 is 14.7 Å². The standard InChI is InChI=1S/3C8H10O.H3O4P/c3*1-2-7-4-3-5-8(9)6-7;1-5(2,3)4/h3*3-6,9H,2H2,1H3;(H3,1,2,3,4)/p-3. The molecule has 0 unspecified atom stereocenters. The van der Waals surface area contributed by atoms with Gasteiger partial charge in [0, 0.05) is 0 Å². The highest BCUT2D eigenvalue weighted by Gasteiger charge is 1.89. The van der Waals surface area contributed by atoms with E-state index in [-0.39, 0.29) is 0 Å². The van der Waals surface area contributed by atoms with Crippen molar-refractivity contribution in [2.45, 2.75) is 40.0 Å². The molecule has 0 aliphatic rings. The fourth-order valence-electron chi connectivity index (χ4n) is 2.33. The molecule has 0 heterocycles. The minimum atomic E-state index is -5.39. The maximum absolute atomic E-state index is 8.94. The fourth-order valence-corrected chi connectivity index (χ4v) is 2.33. The molecular formula is C24H30O7P-3. The van der Waals surface area contributed by atoms with E-state index in [4.69, 9.17) is 34.6 Å². The number of rotatable bonds is 3. The molecule has 0 fully saturated rings. The predicted molar refractivity (Wildman–Crippen MR) is 120 cm³/mol. The predicted octanol–water partition coefficient (Wildman–Crippen LogP) is 3.04. The van der Waals surface area contributed by atoms with Crippen LogP contribution in [0.25, 0.3) is 0 Å². The molecule has 0 aliphatic heterocycles. The van der Waals surface area contributed by atoms with Gasteiger partial charge < -0.3 is 34.6 Å². The van der Waals surface area contributed by atoms with Crippen molar-refractivity contribution in [2.24, 2.45) is 0 Å². The summed E-state index contributed by atoms with van der Waals surface area (Å²) < 4.78 is 8.55. The Bertz CT molecular complexity index is 838. The molecule has 32 heavy (non-hydrogen) atoms. The van der Waals surface area contributed by atoms with Crippen molar-refractivity contribution in [3.8, 4) is 17.2 Å². The molecule has 0 atom stereocenters. The van der Waals surface area contributed by atoms with E-state index in [9.17, 15) is 0 Å². The van der Waals surface area contributed by atoms with E-state index in [1.807, 2.05) is 36.4 Å². The molecule has 7 nitrogen and oxygen atoms in total. The summed E-state index contributed by atoms with van der Waals surface area (Å²) >= 11 is 0. The van der Waals surface area contributed by atoms with Gasteiger partial charge in [0.25, 0.3) is 0 Å². The summed E-state index contributed by atoms with van der Waals surface area (Å²) in [4.78, 5) is 25.6. The van der Waals surface area contributed by atoms with Crippen LogP contribution in [0.15, 0.2) is 72.8 Å². The van der Waals surface area contributed by atoms with Crippen molar-refractivity contribution in [3.05, 3.63) is 89.5 Å². The first-order chi connectivity index (χ1) is 15.0. The van der Waals surface area contributed by atoms with Crippen molar-refractivity contribution in [2.75, 3.05) is 0 Å². The number of phenols is 3. The lowest BCUT2D eigenvalue weighted by Crippen LogP contribution is -2.24. The van der Waals surface area contributed by atoms with Gasteiger partial charge in [-0.1, -0.05) is 57.2 Å². The highest BCUT2D eigenvalue weighted by atomic mass is 31.2. The SMILES string of the molecule is CCc1cccc(O)c1.CCc1cccc(O)c1.CCc1cccc(O)c1.O=P([O-])([O-])[O-]. The molecule has 3 rings (SSSR count). The van der Waals surface area contributed by atoms with Crippen LogP contribution in [0, 0.1) is 0 Å². The van der Waals surface area contributed by atoms with E-state index < -0.39 is 7.82 Å². The number of hydrogen-bond donors (Lipinski definition) is 3. The molecule has 0 saturated heterocycles. The van der Waals surface area contributed by atoms with Gasteiger partial charge in [-0.3, -0.25) is 0 Å². The largest absolute Gasteiger partial charge is 0.822 e. The third-order valence-corrected chi connectivity index (χ3v) is 3.96. The van der Waals surface area contributed by atoms with Crippen LogP contribution >= 0.6 is 7.82 Å². The highest BCUT2D eigenvalue weighted by Crippen LogP contribution is 2.11. The van der Waals surface area contributed by atoms with Crippen LogP contribution in [0.4, 0.5) is 0 Å². The van der Waals surface area contributed by atoms with Gasteiger partial charge in [0.15, 0.2) is 0 Å². The summed E-state index contributed by atoms with van der Waals surface area (Å²) in [5.41, 5.74) is 3.53. The van der Waals surface area contributed by atoms with Crippen molar-refractivity contribution >= 4 is 7.82 Å². The Morgan fingerprint density at radius 2 is 0.812 bits per heavy atom. The zero-order valence-corrected chi connectivity index (χ0v) is 19.4. The van der Waals surface area contributed by atoms with E-state index in [0.29, 0.717) is 17.2 Å². The minimum Gasteiger partial charge on any atom is -0.822 e. The quantitative estimate of drug-likeness (QED) is 0.508. The van der Waals surface area contributed by atoms with Crippen LogP contribution in [-0.2, 0) is 23.8 Å². The normalized spacial score (nSPS) is 9.81. The van der Waals surface area contributed by atoms with Gasteiger partial charge in [0.2, 0.25) is 0 Å². The molecule has 176 valence electrons. The van der Waals surface area contributed by atoms with Crippen LogP contribution in [0.5, 0.6) is 17.2 Å². The second-order valence-corrected chi connectivity index (χ2v) is 7.41. The molecule has 0 aromatic heterocycles. The van der Waals surface area contributed by atoms with E-state index in [0.717, 1.165) is 19.3 Å². The number of phenolic OH excluding ortho intramolecular Hbond substituents is 3. The van der Waals surface area contributed by atoms with Gasteiger partial charge in [-0.25, -0.2) is 0 Å². The third-order valence-electron chi connectivity index (χ3n) is 3.96. The fraction of sp³-hybridized carbons (Fsp3) is 0.250. The average molecular weight is 461 g/mol. The smallest absolute Gasteiger partial charge is 0.115 e. The summed E-state index contributed by atoms with van der Waals surface area (Å²) in [5.74, 6) is 1.07. The molecule has 0 radical (unpaired) electrons. The maximum atomic E-state index is 8.94. The monoisotopic (exact) mass is 461 g/mol. The first-order valence-electron chi connectivity index (χ1n) is 10.0. The van der Waals surface area contributed by atoms with Crippen LogP contribution in [0.1, 0.15) is 37.5 Å². The van der Waals surface area contributed by atoms with E-state index in [2.05, 4.69) is 20.8 Å². The summed E-state index contributed by atoms with van der Waals surface area (Å²) in [6.07, 6.45) is 2.94. The van der Waals surface area contributed by atoms with Crippen LogP contribution in [-0.4, -0.2) is 15.3 Å². The van der Waals surface area contributed by atoms with Gasteiger partial charge in [0.05, 0.1) is 0 Å². The molecule has 0 spiro atoms. The highest BCUT2D eigenvalue weighted by molar-refractivity contribution is 7.40. The molecule has 3 aromatic rings. The van der Waals surface area contributed by atoms with E-state index in [1.54, 1.807) is 36.4 Å². The van der Waals surface area contributed by atoms with Gasteiger partial charge >= 0.3 is 0 Å². The van der Waals surface area contributed by atoms with Crippen molar-refractivity contribution in [1.29, 1.82) is 0 Å².